The van der Waals surface area contributed by atoms with Gasteiger partial charge >= 0.3 is 0 Å². The number of anilines is 2. The molecule has 31 heavy (non-hydrogen) atoms. The number of hydrogen-bond acceptors (Lipinski definition) is 8. The van der Waals surface area contributed by atoms with Crippen LogP contribution in [0.25, 0.3) is 0 Å². The van der Waals surface area contributed by atoms with Gasteiger partial charge < -0.3 is 10.6 Å². The van der Waals surface area contributed by atoms with Crippen molar-refractivity contribution in [2.24, 2.45) is 0 Å². The van der Waals surface area contributed by atoms with Gasteiger partial charge in [-0.1, -0.05) is 42.4 Å². The number of sulfonamides is 1. The molecule has 1 saturated heterocycles. The Kier molecular flexibility index (Phi) is 7.47. The number of rotatable bonds is 8. The maximum Gasteiger partial charge on any atom is 0.243 e. The van der Waals surface area contributed by atoms with Crippen LogP contribution >= 0.6 is 23.1 Å². The highest BCUT2D eigenvalue weighted by atomic mass is 32.2. The molecule has 0 atom stereocenters. The maximum absolute atomic E-state index is 12.6. The number of thioether (sulfide) groups is 1. The molecule has 1 amide bonds. The molecule has 1 aliphatic heterocycles. The van der Waals surface area contributed by atoms with Gasteiger partial charge in [0.15, 0.2) is 4.34 Å². The smallest absolute Gasteiger partial charge is 0.243 e. The Labute approximate surface area is 191 Å². The van der Waals surface area contributed by atoms with Crippen LogP contribution in [0.5, 0.6) is 0 Å². The quantitative estimate of drug-likeness (QED) is 0.553. The first kappa shape index (κ1) is 22.5. The average Bonchev–Trinajstić information content (AvgIpc) is 3.46. The van der Waals surface area contributed by atoms with Crippen molar-refractivity contribution < 1.29 is 13.2 Å². The van der Waals surface area contributed by atoms with Crippen molar-refractivity contribution in [1.82, 2.24) is 14.5 Å². The van der Waals surface area contributed by atoms with Crippen molar-refractivity contribution in [3.05, 3.63) is 24.3 Å². The van der Waals surface area contributed by atoms with Gasteiger partial charge in [0.05, 0.1) is 10.6 Å². The monoisotopic (exact) mass is 481 g/mol. The van der Waals surface area contributed by atoms with E-state index in [0.29, 0.717) is 24.8 Å². The van der Waals surface area contributed by atoms with Crippen LogP contribution < -0.4 is 10.6 Å². The van der Waals surface area contributed by atoms with Crippen LogP contribution in [0.3, 0.4) is 0 Å². The topological polar surface area (TPSA) is 104 Å². The molecule has 0 radical (unpaired) electrons. The van der Waals surface area contributed by atoms with Gasteiger partial charge in [-0.15, -0.1) is 10.2 Å². The van der Waals surface area contributed by atoms with Crippen molar-refractivity contribution in [3.63, 3.8) is 0 Å². The van der Waals surface area contributed by atoms with Crippen molar-refractivity contribution in [2.75, 3.05) is 29.5 Å². The van der Waals surface area contributed by atoms with Crippen molar-refractivity contribution in [2.45, 2.75) is 60.2 Å². The highest BCUT2D eigenvalue weighted by Gasteiger charge is 2.27. The first-order valence-corrected chi connectivity index (χ1v) is 13.9. The molecule has 0 bridgehead atoms. The lowest BCUT2D eigenvalue weighted by Gasteiger charge is -2.21. The minimum absolute atomic E-state index is 0.169. The lowest BCUT2D eigenvalue weighted by Crippen LogP contribution is -2.27. The third kappa shape index (κ3) is 5.97. The Bertz CT molecular complexity index is 982. The van der Waals surface area contributed by atoms with Gasteiger partial charge in [-0.05, 0) is 49.9 Å². The summed E-state index contributed by atoms with van der Waals surface area (Å²) in [6.45, 7) is 1.14. The van der Waals surface area contributed by atoms with Crippen molar-refractivity contribution >= 4 is 49.8 Å². The van der Waals surface area contributed by atoms with Gasteiger partial charge in [0.1, 0.15) is 0 Å². The Balaban J connectivity index is 1.25. The van der Waals surface area contributed by atoms with E-state index in [2.05, 4.69) is 20.8 Å². The number of carbonyl (C=O) groups excluding carboxylic acids is 1. The number of amides is 1. The van der Waals surface area contributed by atoms with Crippen LogP contribution in [0.4, 0.5) is 10.8 Å². The third-order valence-electron chi connectivity index (χ3n) is 5.51. The Morgan fingerprint density at radius 1 is 1.06 bits per heavy atom. The predicted molar refractivity (Wildman–Crippen MR) is 124 cm³/mol. The summed E-state index contributed by atoms with van der Waals surface area (Å²) in [5.41, 5.74) is 0.572. The lowest BCUT2D eigenvalue weighted by molar-refractivity contribution is -0.113. The van der Waals surface area contributed by atoms with E-state index in [1.54, 1.807) is 24.3 Å². The molecule has 2 aromatic rings. The second-order valence-corrected chi connectivity index (χ2v) is 12.0. The van der Waals surface area contributed by atoms with E-state index in [-0.39, 0.29) is 16.6 Å². The molecule has 168 valence electrons. The highest BCUT2D eigenvalue weighted by Crippen LogP contribution is 2.28. The molecule has 4 rings (SSSR count). The van der Waals surface area contributed by atoms with Gasteiger partial charge in [-0.25, -0.2) is 8.42 Å². The lowest BCUT2D eigenvalue weighted by atomic mass is 9.96. The Morgan fingerprint density at radius 3 is 2.48 bits per heavy atom. The first-order chi connectivity index (χ1) is 15.0. The van der Waals surface area contributed by atoms with E-state index >= 15 is 0 Å². The first-order valence-electron chi connectivity index (χ1n) is 10.6. The molecule has 1 aromatic heterocycles. The van der Waals surface area contributed by atoms with E-state index in [1.807, 2.05) is 0 Å². The summed E-state index contributed by atoms with van der Waals surface area (Å²) in [5, 5.41) is 15.4. The normalized spacial score (nSPS) is 18.2. The van der Waals surface area contributed by atoms with E-state index in [1.165, 1.54) is 59.5 Å². The van der Waals surface area contributed by atoms with Gasteiger partial charge in [-0.3, -0.25) is 4.79 Å². The molecule has 1 aliphatic carbocycles. The van der Waals surface area contributed by atoms with Crippen LogP contribution in [-0.2, 0) is 14.8 Å². The molecule has 0 spiro atoms. The van der Waals surface area contributed by atoms with Crippen molar-refractivity contribution in [3.8, 4) is 0 Å². The summed E-state index contributed by atoms with van der Waals surface area (Å²) < 4.78 is 27.4. The molecule has 0 unspecified atom stereocenters. The molecule has 1 aromatic carbocycles. The van der Waals surface area contributed by atoms with Gasteiger partial charge in [0.2, 0.25) is 21.1 Å². The molecule has 2 aliphatic rings. The number of carbonyl (C=O) groups is 1. The number of benzene rings is 1. The fourth-order valence-electron chi connectivity index (χ4n) is 3.86. The summed E-state index contributed by atoms with van der Waals surface area (Å²) in [4.78, 5) is 12.5. The molecule has 11 heteroatoms. The van der Waals surface area contributed by atoms with Crippen LogP contribution in [0.2, 0.25) is 0 Å². The second kappa shape index (κ2) is 10.3. The van der Waals surface area contributed by atoms with E-state index in [0.717, 1.165) is 22.3 Å². The summed E-state index contributed by atoms with van der Waals surface area (Å²) in [5.74, 6) is 0.0449. The largest absolute Gasteiger partial charge is 0.357 e. The van der Waals surface area contributed by atoms with E-state index in [4.69, 9.17) is 0 Å². The zero-order valence-corrected chi connectivity index (χ0v) is 19.7. The Hall–Kier alpha value is -1.69. The fourth-order valence-corrected chi connectivity index (χ4v) is 7.01. The van der Waals surface area contributed by atoms with E-state index in [9.17, 15) is 13.2 Å². The van der Waals surface area contributed by atoms with Gasteiger partial charge in [0.25, 0.3) is 0 Å². The summed E-state index contributed by atoms with van der Waals surface area (Å²) in [6, 6.07) is 6.82. The van der Waals surface area contributed by atoms with Gasteiger partial charge in [0, 0.05) is 24.8 Å². The molecule has 1 saturated carbocycles. The summed E-state index contributed by atoms with van der Waals surface area (Å²) >= 11 is 2.81. The SMILES string of the molecule is O=C(CSc1nnc(NC2CCCCC2)s1)Nc1ccc(S(=O)(=O)N2CCCC2)cc1. The number of nitrogens with one attached hydrogen (secondary N) is 2. The summed E-state index contributed by atoms with van der Waals surface area (Å²) in [6.07, 6.45) is 7.95. The molecule has 2 fully saturated rings. The molecule has 8 nitrogen and oxygen atoms in total. The number of hydrogen-bond donors (Lipinski definition) is 2. The van der Waals surface area contributed by atoms with Crippen LogP contribution in [0, 0.1) is 0 Å². The zero-order chi connectivity index (χ0) is 21.7. The number of aromatic nitrogens is 2. The summed E-state index contributed by atoms with van der Waals surface area (Å²) in [7, 11) is -3.44. The number of nitrogens with zero attached hydrogens (tertiary/aromatic N) is 3. The molecule has 2 N–H and O–H groups in total. The minimum Gasteiger partial charge on any atom is -0.357 e. The molecular weight excluding hydrogens is 454 g/mol. The zero-order valence-electron chi connectivity index (χ0n) is 17.2. The molecule has 2 heterocycles. The predicted octanol–water partition coefficient (Wildman–Crippen LogP) is 3.80. The van der Waals surface area contributed by atoms with Crippen LogP contribution in [-0.4, -0.2) is 53.7 Å². The highest BCUT2D eigenvalue weighted by molar-refractivity contribution is 8.01. The average molecular weight is 482 g/mol. The standard InChI is InChI=1S/C20H27N5O3S3/c26-18(14-29-20-24-23-19(30-20)22-15-6-2-1-3-7-15)21-16-8-10-17(11-9-16)31(27,28)25-12-4-5-13-25/h8-11,15H,1-7,12-14H2,(H,21,26)(H,22,23). The fraction of sp³-hybridized carbons (Fsp3) is 0.550. The second-order valence-electron chi connectivity index (χ2n) is 7.82. The van der Waals surface area contributed by atoms with Crippen LogP contribution in [0.1, 0.15) is 44.9 Å². The molecular formula is C20H27N5O3S3. The van der Waals surface area contributed by atoms with Crippen molar-refractivity contribution in [1.29, 1.82) is 0 Å². The maximum atomic E-state index is 12.6. The van der Waals surface area contributed by atoms with E-state index < -0.39 is 10.0 Å². The van der Waals surface area contributed by atoms with Crippen LogP contribution in [0.15, 0.2) is 33.5 Å². The third-order valence-corrected chi connectivity index (χ3v) is 9.41. The minimum atomic E-state index is -3.44. The van der Waals surface area contributed by atoms with Gasteiger partial charge in [-0.2, -0.15) is 4.31 Å². The Morgan fingerprint density at radius 2 is 1.77 bits per heavy atom.